The molecule has 0 radical (unpaired) electrons. The molecule has 1 heterocycles. The van der Waals surface area contributed by atoms with Crippen molar-refractivity contribution in [2.75, 3.05) is 12.8 Å². The quantitative estimate of drug-likeness (QED) is 0.865. The molecule has 0 aliphatic carbocycles. The van der Waals surface area contributed by atoms with Crippen molar-refractivity contribution in [3.8, 4) is 0 Å². The average Bonchev–Trinajstić information content (AvgIpc) is 2.76. The van der Waals surface area contributed by atoms with E-state index < -0.39 is 33.6 Å². The van der Waals surface area contributed by atoms with Crippen LogP contribution in [0.2, 0.25) is 0 Å². The molecule has 0 amide bonds. The Kier molecular flexibility index (Phi) is 3.60. The highest BCUT2D eigenvalue weighted by Gasteiger charge is 2.31. The molecule has 2 unspecified atom stereocenters. The molecule has 19 heavy (non-hydrogen) atoms. The zero-order valence-electron chi connectivity index (χ0n) is 10.3. The molecule has 0 spiro atoms. The van der Waals surface area contributed by atoms with Crippen LogP contribution in [0.4, 0.5) is 4.39 Å². The zero-order valence-corrected chi connectivity index (χ0v) is 11.1. The predicted octanol–water partition coefficient (Wildman–Crippen LogP) is 0.964. The number of carboxylic acids is 1. The van der Waals surface area contributed by atoms with Gasteiger partial charge in [0.05, 0.1) is 10.8 Å². The Hall–Kier alpha value is -1.47. The second kappa shape index (κ2) is 4.90. The van der Waals surface area contributed by atoms with Gasteiger partial charge in [-0.25, -0.2) is 12.8 Å². The number of sulfone groups is 1. The van der Waals surface area contributed by atoms with Crippen LogP contribution in [-0.4, -0.2) is 32.3 Å². The minimum atomic E-state index is -3.44. The molecule has 0 saturated carbocycles. The van der Waals surface area contributed by atoms with Crippen molar-refractivity contribution < 1.29 is 22.7 Å². The molecular weight excluding hydrogens is 273 g/mol. The number of rotatable bonds is 3. The number of carbonyl (C=O) groups is 1. The molecule has 2 N–H and O–H groups in total. The smallest absolute Gasteiger partial charge is 0.307 e. The molecule has 104 valence electrons. The molecule has 0 bridgehead atoms. The van der Waals surface area contributed by atoms with Crippen LogP contribution in [0.5, 0.6) is 0 Å². The van der Waals surface area contributed by atoms with Crippen molar-refractivity contribution in [1.29, 1.82) is 0 Å². The summed E-state index contributed by atoms with van der Waals surface area (Å²) >= 11 is 0. The number of carboxylic acid groups (broad SMARTS) is 1. The number of halogens is 1. The highest BCUT2D eigenvalue weighted by atomic mass is 32.2. The van der Waals surface area contributed by atoms with E-state index in [1.54, 1.807) is 0 Å². The molecule has 7 heteroatoms. The van der Waals surface area contributed by atoms with Gasteiger partial charge in [0.15, 0.2) is 9.84 Å². The van der Waals surface area contributed by atoms with Crippen LogP contribution in [0.1, 0.15) is 18.0 Å². The van der Waals surface area contributed by atoms with Crippen LogP contribution < -0.4 is 5.32 Å². The lowest BCUT2D eigenvalue weighted by Crippen LogP contribution is -2.17. The third kappa shape index (κ3) is 2.93. The Morgan fingerprint density at radius 1 is 1.47 bits per heavy atom. The first-order valence-electron chi connectivity index (χ1n) is 5.74. The van der Waals surface area contributed by atoms with Gasteiger partial charge in [0, 0.05) is 24.4 Å². The SMILES string of the molecule is CS(=O)(=O)c1ccc(C2CC(C(=O)O)CN2)c(F)c1. The number of nitrogens with one attached hydrogen (secondary N) is 1. The Morgan fingerprint density at radius 2 is 2.16 bits per heavy atom. The van der Waals surface area contributed by atoms with Crippen LogP contribution in [-0.2, 0) is 14.6 Å². The van der Waals surface area contributed by atoms with E-state index in [0.717, 1.165) is 12.3 Å². The van der Waals surface area contributed by atoms with Gasteiger partial charge in [-0.3, -0.25) is 4.79 Å². The van der Waals surface area contributed by atoms with E-state index in [4.69, 9.17) is 5.11 Å². The van der Waals surface area contributed by atoms with Crippen molar-refractivity contribution >= 4 is 15.8 Å². The fraction of sp³-hybridized carbons (Fsp3) is 0.417. The molecule has 1 fully saturated rings. The van der Waals surface area contributed by atoms with Gasteiger partial charge < -0.3 is 10.4 Å². The van der Waals surface area contributed by atoms with Crippen LogP contribution in [0.15, 0.2) is 23.1 Å². The maximum atomic E-state index is 13.9. The monoisotopic (exact) mass is 287 g/mol. The fourth-order valence-electron chi connectivity index (χ4n) is 2.18. The van der Waals surface area contributed by atoms with Crippen molar-refractivity contribution in [2.45, 2.75) is 17.4 Å². The minimum Gasteiger partial charge on any atom is -0.481 e. The molecule has 2 rings (SSSR count). The Labute approximate surface area is 110 Å². The van der Waals surface area contributed by atoms with E-state index in [1.807, 2.05) is 0 Å². The lowest BCUT2D eigenvalue weighted by molar-refractivity contribution is -0.141. The lowest BCUT2D eigenvalue weighted by Gasteiger charge is -2.12. The van der Waals surface area contributed by atoms with Gasteiger partial charge in [0.2, 0.25) is 0 Å². The van der Waals surface area contributed by atoms with Gasteiger partial charge in [-0.15, -0.1) is 0 Å². The molecule has 0 aromatic heterocycles. The summed E-state index contributed by atoms with van der Waals surface area (Å²) in [5, 5.41) is 11.8. The number of hydrogen-bond acceptors (Lipinski definition) is 4. The lowest BCUT2D eigenvalue weighted by atomic mass is 10.00. The highest BCUT2D eigenvalue weighted by molar-refractivity contribution is 7.90. The molecule has 5 nitrogen and oxygen atoms in total. The summed E-state index contributed by atoms with van der Waals surface area (Å²) in [5.41, 5.74) is 0.302. The van der Waals surface area contributed by atoms with Gasteiger partial charge in [0.1, 0.15) is 5.82 Å². The van der Waals surface area contributed by atoms with E-state index in [9.17, 15) is 17.6 Å². The second-order valence-electron chi connectivity index (χ2n) is 4.69. The predicted molar refractivity (Wildman–Crippen MR) is 66.0 cm³/mol. The van der Waals surface area contributed by atoms with Crippen molar-refractivity contribution in [1.82, 2.24) is 5.32 Å². The van der Waals surface area contributed by atoms with E-state index in [-0.39, 0.29) is 11.4 Å². The minimum absolute atomic E-state index is 0.0819. The average molecular weight is 287 g/mol. The first-order chi connectivity index (χ1) is 8.79. The summed E-state index contributed by atoms with van der Waals surface area (Å²) in [5.74, 6) is -2.09. The zero-order chi connectivity index (χ0) is 14.2. The standard InChI is InChI=1S/C12H14FNO4S/c1-19(17,18)8-2-3-9(10(13)5-8)11-4-7(6-14-11)12(15)16/h2-3,5,7,11,14H,4,6H2,1H3,(H,15,16). The van der Waals surface area contributed by atoms with Crippen molar-refractivity contribution in [2.24, 2.45) is 5.92 Å². The van der Waals surface area contributed by atoms with Crippen LogP contribution >= 0.6 is 0 Å². The first-order valence-corrected chi connectivity index (χ1v) is 7.64. The van der Waals surface area contributed by atoms with Gasteiger partial charge >= 0.3 is 5.97 Å². The van der Waals surface area contributed by atoms with Gasteiger partial charge in [-0.2, -0.15) is 0 Å². The molecule has 1 aliphatic rings. The van der Waals surface area contributed by atoms with Gasteiger partial charge in [0.25, 0.3) is 0 Å². The summed E-state index contributed by atoms with van der Waals surface area (Å²) in [6, 6.07) is 3.31. The highest BCUT2D eigenvalue weighted by Crippen LogP contribution is 2.30. The van der Waals surface area contributed by atoms with Crippen LogP contribution in [0, 0.1) is 11.7 Å². The summed E-state index contributed by atoms with van der Waals surface area (Å²) < 4.78 is 36.5. The summed E-state index contributed by atoms with van der Waals surface area (Å²) in [6.45, 7) is 0.285. The molecular formula is C12H14FNO4S. The fourth-order valence-corrected chi connectivity index (χ4v) is 2.81. The molecule has 1 saturated heterocycles. The third-order valence-electron chi connectivity index (χ3n) is 3.26. The van der Waals surface area contributed by atoms with E-state index in [1.165, 1.54) is 12.1 Å². The maximum Gasteiger partial charge on any atom is 0.307 e. The number of hydrogen-bond donors (Lipinski definition) is 2. The largest absolute Gasteiger partial charge is 0.481 e. The number of benzene rings is 1. The van der Waals surface area contributed by atoms with Crippen LogP contribution in [0.25, 0.3) is 0 Å². The second-order valence-corrected chi connectivity index (χ2v) is 6.70. The summed E-state index contributed by atoms with van der Waals surface area (Å²) in [6.07, 6.45) is 1.31. The van der Waals surface area contributed by atoms with Gasteiger partial charge in [-0.05, 0) is 18.6 Å². The molecule has 1 aromatic carbocycles. The molecule has 1 aliphatic heterocycles. The number of aliphatic carboxylic acids is 1. The maximum absolute atomic E-state index is 13.9. The van der Waals surface area contributed by atoms with Crippen LogP contribution in [0.3, 0.4) is 0 Å². The van der Waals surface area contributed by atoms with E-state index in [2.05, 4.69) is 5.32 Å². The van der Waals surface area contributed by atoms with E-state index >= 15 is 0 Å². The summed E-state index contributed by atoms with van der Waals surface area (Å²) in [7, 11) is -3.44. The first kappa shape index (κ1) is 14.0. The van der Waals surface area contributed by atoms with Crippen molar-refractivity contribution in [3.63, 3.8) is 0 Å². The Bertz CT molecular complexity index is 614. The Morgan fingerprint density at radius 3 is 2.63 bits per heavy atom. The Balaban J connectivity index is 2.26. The topological polar surface area (TPSA) is 83.5 Å². The normalized spacial score (nSPS) is 23.5. The summed E-state index contributed by atoms with van der Waals surface area (Å²) in [4.78, 5) is 10.8. The third-order valence-corrected chi connectivity index (χ3v) is 4.37. The van der Waals surface area contributed by atoms with Gasteiger partial charge in [-0.1, -0.05) is 6.07 Å². The van der Waals surface area contributed by atoms with Crippen molar-refractivity contribution in [3.05, 3.63) is 29.6 Å². The van der Waals surface area contributed by atoms with E-state index in [0.29, 0.717) is 12.0 Å². The molecule has 2 atom stereocenters. The molecule has 1 aromatic rings.